The summed E-state index contributed by atoms with van der Waals surface area (Å²) >= 11 is 0. The fourth-order valence-corrected chi connectivity index (χ4v) is 7.61. The van der Waals surface area contributed by atoms with Crippen LogP contribution in [0.3, 0.4) is 0 Å². The molecule has 0 N–H and O–H groups in total. The minimum atomic E-state index is 1.10. The molecule has 0 aromatic heterocycles. The summed E-state index contributed by atoms with van der Waals surface area (Å²) in [6, 6.07) is 84.9. The molecule has 0 unspecified atom stereocenters. The third-order valence-corrected chi connectivity index (χ3v) is 10.3. The van der Waals surface area contributed by atoms with Crippen molar-refractivity contribution in [1.29, 1.82) is 0 Å². The Morgan fingerprint density at radius 2 is 0.382 bits per heavy atom. The summed E-state index contributed by atoms with van der Waals surface area (Å²) in [5.41, 5.74) is 17.8. The van der Waals surface area contributed by atoms with Crippen LogP contribution < -0.4 is 4.90 Å². The van der Waals surface area contributed by atoms with Gasteiger partial charge in [0.2, 0.25) is 0 Å². The fraction of sp³-hybridized carbons (Fsp3) is 0. The van der Waals surface area contributed by atoms with E-state index in [2.05, 4.69) is 241 Å². The highest BCUT2D eigenvalue weighted by atomic mass is 15.1. The summed E-state index contributed by atoms with van der Waals surface area (Å²) in [5, 5.41) is 0. The summed E-state index contributed by atoms with van der Waals surface area (Å²) in [5.74, 6) is 0. The zero-order chi connectivity index (χ0) is 36.8. The van der Waals surface area contributed by atoms with Crippen molar-refractivity contribution >= 4 is 17.1 Å². The molecule has 0 amide bonds. The second-order valence-corrected chi connectivity index (χ2v) is 13.7. The maximum Gasteiger partial charge on any atom is 0.0462 e. The Kier molecular flexibility index (Phi) is 9.41. The molecule has 0 atom stereocenters. The van der Waals surface area contributed by atoms with Gasteiger partial charge in [-0.1, -0.05) is 200 Å². The first-order chi connectivity index (χ1) is 27.3. The summed E-state index contributed by atoms with van der Waals surface area (Å²) in [7, 11) is 0. The molecule has 0 heterocycles. The van der Waals surface area contributed by atoms with Crippen LogP contribution in [0.25, 0.3) is 66.8 Å². The van der Waals surface area contributed by atoms with Crippen LogP contribution in [0.4, 0.5) is 17.1 Å². The van der Waals surface area contributed by atoms with Crippen molar-refractivity contribution in [3.05, 3.63) is 237 Å². The number of nitrogens with zero attached hydrogens (tertiary/aromatic N) is 1. The van der Waals surface area contributed by atoms with Gasteiger partial charge >= 0.3 is 0 Å². The second-order valence-electron chi connectivity index (χ2n) is 13.7. The van der Waals surface area contributed by atoms with Crippen LogP contribution in [0.2, 0.25) is 0 Å². The van der Waals surface area contributed by atoms with Gasteiger partial charge in [-0.25, -0.2) is 0 Å². The fourth-order valence-electron chi connectivity index (χ4n) is 7.61. The van der Waals surface area contributed by atoms with E-state index in [0.29, 0.717) is 0 Å². The number of rotatable bonds is 9. The molecule has 0 radical (unpaired) electrons. The lowest BCUT2D eigenvalue weighted by molar-refractivity contribution is 1.28. The van der Waals surface area contributed by atoms with E-state index < -0.39 is 0 Å². The molecular formula is C54H39N. The average Bonchev–Trinajstić information content (AvgIpc) is 3.28. The van der Waals surface area contributed by atoms with Gasteiger partial charge < -0.3 is 4.90 Å². The molecule has 9 rings (SSSR count). The van der Waals surface area contributed by atoms with Crippen LogP contribution in [-0.4, -0.2) is 0 Å². The van der Waals surface area contributed by atoms with Crippen LogP contribution in [0, 0.1) is 0 Å². The molecule has 1 heteroatoms. The molecule has 0 aliphatic heterocycles. The highest BCUT2D eigenvalue weighted by molar-refractivity contribution is 5.96. The Morgan fingerprint density at radius 3 is 0.727 bits per heavy atom. The largest absolute Gasteiger partial charge is 0.311 e. The van der Waals surface area contributed by atoms with Gasteiger partial charge in [-0.15, -0.1) is 0 Å². The monoisotopic (exact) mass is 701 g/mol. The molecule has 9 aromatic rings. The van der Waals surface area contributed by atoms with E-state index in [1.165, 1.54) is 66.8 Å². The Hall–Kier alpha value is -7.22. The first-order valence-electron chi connectivity index (χ1n) is 18.8. The molecule has 0 saturated heterocycles. The molecule has 1 nitrogen and oxygen atoms in total. The summed E-state index contributed by atoms with van der Waals surface area (Å²) in [6.45, 7) is 0. The third-order valence-electron chi connectivity index (χ3n) is 10.3. The van der Waals surface area contributed by atoms with Crippen molar-refractivity contribution in [3.8, 4) is 66.8 Å². The van der Waals surface area contributed by atoms with Gasteiger partial charge in [0.05, 0.1) is 0 Å². The molecule has 260 valence electrons. The lowest BCUT2D eigenvalue weighted by atomic mass is 9.87. The molecule has 0 saturated carbocycles. The molecule has 0 aliphatic rings. The third kappa shape index (κ3) is 7.00. The Balaban J connectivity index is 1.10. The van der Waals surface area contributed by atoms with Gasteiger partial charge in [0.15, 0.2) is 0 Å². The van der Waals surface area contributed by atoms with Crippen molar-refractivity contribution in [2.45, 2.75) is 0 Å². The van der Waals surface area contributed by atoms with Crippen LogP contribution in [0.15, 0.2) is 237 Å². The minimum absolute atomic E-state index is 1.10. The number of hydrogen-bond donors (Lipinski definition) is 0. The van der Waals surface area contributed by atoms with E-state index in [1.807, 2.05) is 0 Å². The maximum absolute atomic E-state index is 2.34. The van der Waals surface area contributed by atoms with Gasteiger partial charge in [-0.3, -0.25) is 0 Å². The van der Waals surface area contributed by atoms with Crippen LogP contribution in [0.5, 0.6) is 0 Å². The molecule has 0 bridgehead atoms. The zero-order valence-corrected chi connectivity index (χ0v) is 30.5. The van der Waals surface area contributed by atoms with E-state index >= 15 is 0 Å². The highest BCUT2D eigenvalue weighted by Gasteiger charge is 2.17. The van der Waals surface area contributed by atoms with Crippen molar-refractivity contribution in [2.24, 2.45) is 0 Å². The molecule has 0 aliphatic carbocycles. The lowest BCUT2D eigenvalue weighted by Gasteiger charge is -2.26. The van der Waals surface area contributed by atoms with E-state index in [4.69, 9.17) is 0 Å². The SMILES string of the molecule is c1ccc(-c2ccc(N(c3ccc(-c4ccccc4)cc3)c3ccc(-c4ccccc4-c4ccccc4-c4ccccc4-c4ccccc4)cc3)cc2)cc1. The van der Waals surface area contributed by atoms with E-state index in [1.54, 1.807) is 0 Å². The Bertz CT molecular complexity index is 2560. The smallest absolute Gasteiger partial charge is 0.0462 e. The van der Waals surface area contributed by atoms with E-state index in [0.717, 1.165) is 17.1 Å². The Labute approximate surface area is 324 Å². The Morgan fingerprint density at radius 1 is 0.164 bits per heavy atom. The minimum Gasteiger partial charge on any atom is -0.311 e. The average molecular weight is 702 g/mol. The van der Waals surface area contributed by atoms with Crippen LogP contribution in [0.1, 0.15) is 0 Å². The first-order valence-corrected chi connectivity index (χ1v) is 18.8. The topological polar surface area (TPSA) is 3.24 Å². The molecule has 0 spiro atoms. The number of anilines is 3. The van der Waals surface area contributed by atoms with Gasteiger partial charge in [0, 0.05) is 17.1 Å². The number of benzene rings is 9. The lowest BCUT2D eigenvalue weighted by Crippen LogP contribution is -2.09. The standard InChI is InChI=1S/C54H39N/c1-4-16-40(17-5-1)42-28-34-46(35-29-42)55(47-36-30-43(31-37-47)41-18-6-2-7-19-41)48-38-32-45(33-39-48)50-23-11-13-25-52(50)54-27-15-14-26-53(54)51-24-12-10-22-49(51)44-20-8-3-9-21-44/h1-39H. The first kappa shape index (κ1) is 33.6. The van der Waals surface area contributed by atoms with Crippen molar-refractivity contribution in [2.75, 3.05) is 4.90 Å². The zero-order valence-electron chi connectivity index (χ0n) is 30.5. The summed E-state index contributed by atoms with van der Waals surface area (Å²) < 4.78 is 0. The van der Waals surface area contributed by atoms with Gasteiger partial charge in [-0.05, 0) is 103 Å². The second kappa shape index (κ2) is 15.4. The molecule has 9 aromatic carbocycles. The van der Waals surface area contributed by atoms with Gasteiger partial charge in [0.1, 0.15) is 0 Å². The van der Waals surface area contributed by atoms with Crippen molar-refractivity contribution in [3.63, 3.8) is 0 Å². The number of hydrogen-bond acceptors (Lipinski definition) is 1. The molecular weight excluding hydrogens is 663 g/mol. The molecule has 0 fully saturated rings. The maximum atomic E-state index is 2.34. The normalized spacial score (nSPS) is 10.9. The van der Waals surface area contributed by atoms with E-state index in [-0.39, 0.29) is 0 Å². The van der Waals surface area contributed by atoms with Gasteiger partial charge in [-0.2, -0.15) is 0 Å². The predicted octanol–water partition coefficient (Wildman–Crippen LogP) is 15.2. The van der Waals surface area contributed by atoms with Crippen molar-refractivity contribution < 1.29 is 0 Å². The van der Waals surface area contributed by atoms with Crippen LogP contribution >= 0.6 is 0 Å². The molecule has 55 heavy (non-hydrogen) atoms. The van der Waals surface area contributed by atoms with Crippen LogP contribution in [-0.2, 0) is 0 Å². The quantitative estimate of drug-likeness (QED) is 0.145. The van der Waals surface area contributed by atoms with E-state index in [9.17, 15) is 0 Å². The van der Waals surface area contributed by atoms with Gasteiger partial charge in [0.25, 0.3) is 0 Å². The van der Waals surface area contributed by atoms with Crippen molar-refractivity contribution in [1.82, 2.24) is 0 Å². The predicted molar refractivity (Wildman–Crippen MR) is 234 cm³/mol. The summed E-state index contributed by atoms with van der Waals surface area (Å²) in [6.07, 6.45) is 0. The highest BCUT2D eigenvalue weighted by Crippen LogP contribution is 2.43. The summed E-state index contributed by atoms with van der Waals surface area (Å²) in [4.78, 5) is 2.34.